The van der Waals surface area contributed by atoms with Crippen LogP contribution in [0, 0.1) is 0 Å². The van der Waals surface area contributed by atoms with Crippen molar-refractivity contribution in [2.24, 2.45) is 0 Å². The molecule has 0 saturated carbocycles. The minimum atomic E-state index is -0.372. The van der Waals surface area contributed by atoms with E-state index in [0.29, 0.717) is 17.6 Å². The molecule has 2 aromatic rings. The molecule has 4 nitrogen and oxygen atoms in total. The lowest BCUT2D eigenvalue weighted by molar-refractivity contribution is 0.0600. The van der Waals surface area contributed by atoms with Gasteiger partial charge in [-0.15, -0.1) is 0 Å². The molecule has 0 spiro atoms. The summed E-state index contributed by atoms with van der Waals surface area (Å²) in [5, 5.41) is 0. The summed E-state index contributed by atoms with van der Waals surface area (Å²) in [5.74, 6) is -0.0690. The maximum atomic E-state index is 11.3. The average molecular weight is 262 g/mol. The van der Waals surface area contributed by atoms with Gasteiger partial charge in [0.1, 0.15) is 0 Å². The van der Waals surface area contributed by atoms with E-state index in [2.05, 4.69) is 4.74 Å². The lowest BCUT2D eigenvalue weighted by Gasteiger charge is -2.01. The number of benzene rings is 1. The highest BCUT2D eigenvalue weighted by molar-refractivity contribution is 7.99. The first-order chi connectivity index (χ1) is 8.74. The molecule has 2 rings (SSSR count). The van der Waals surface area contributed by atoms with Crippen molar-refractivity contribution >= 4 is 24.0 Å². The Morgan fingerprint density at radius 1 is 1.28 bits per heavy atom. The highest BCUT2D eigenvalue weighted by Crippen LogP contribution is 2.30. The van der Waals surface area contributed by atoms with Gasteiger partial charge in [-0.3, -0.25) is 4.79 Å². The topological polar surface area (TPSA) is 56.5 Å². The smallest absolute Gasteiger partial charge is 0.337 e. The van der Waals surface area contributed by atoms with Gasteiger partial charge < -0.3 is 9.15 Å². The number of carbonyl (C=O) groups excluding carboxylic acids is 2. The molecule has 0 aliphatic heterocycles. The molecule has 0 bridgehead atoms. The van der Waals surface area contributed by atoms with Crippen molar-refractivity contribution in [3.05, 3.63) is 47.9 Å². The molecule has 1 aromatic carbocycles. The van der Waals surface area contributed by atoms with Crippen LogP contribution < -0.4 is 0 Å². The Labute approximate surface area is 108 Å². The quantitative estimate of drug-likeness (QED) is 0.626. The van der Waals surface area contributed by atoms with Gasteiger partial charge in [0.25, 0.3) is 0 Å². The lowest BCUT2D eigenvalue weighted by atomic mass is 10.2. The van der Waals surface area contributed by atoms with Gasteiger partial charge in [-0.25, -0.2) is 4.79 Å². The molecular formula is C13H10O4S. The fourth-order valence-corrected chi connectivity index (χ4v) is 2.23. The molecule has 92 valence electrons. The van der Waals surface area contributed by atoms with Gasteiger partial charge in [-0.05, 0) is 30.3 Å². The Balaban J connectivity index is 2.16. The van der Waals surface area contributed by atoms with Crippen molar-refractivity contribution in [2.75, 3.05) is 7.11 Å². The first-order valence-electron chi connectivity index (χ1n) is 5.13. The van der Waals surface area contributed by atoms with Gasteiger partial charge in [0.2, 0.25) is 0 Å². The molecule has 0 fully saturated rings. The molecule has 0 aliphatic carbocycles. The molecule has 0 aliphatic rings. The van der Waals surface area contributed by atoms with Crippen LogP contribution in [-0.2, 0) is 4.74 Å². The lowest BCUT2D eigenvalue weighted by Crippen LogP contribution is -2.00. The number of methoxy groups -OCH3 is 1. The summed E-state index contributed by atoms with van der Waals surface area (Å²) in [5.41, 5.74) is 0.490. The summed E-state index contributed by atoms with van der Waals surface area (Å²) < 4.78 is 9.61. The highest BCUT2D eigenvalue weighted by atomic mass is 32.2. The Bertz CT molecular complexity index is 557. The molecule has 0 unspecified atom stereocenters. The molecule has 1 aromatic heterocycles. The van der Waals surface area contributed by atoms with Crippen molar-refractivity contribution in [3.8, 4) is 0 Å². The van der Waals surface area contributed by atoms with E-state index < -0.39 is 0 Å². The second-order valence-electron chi connectivity index (χ2n) is 3.38. The van der Waals surface area contributed by atoms with Crippen molar-refractivity contribution in [3.63, 3.8) is 0 Å². The Hall–Kier alpha value is -2.01. The molecule has 0 amide bonds. The molecule has 5 heteroatoms. The van der Waals surface area contributed by atoms with E-state index >= 15 is 0 Å². The zero-order valence-electron chi connectivity index (χ0n) is 9.58. The largest absolute Gasteiger partial charge is 0.465 e. The zero-order chi connectivity index (χ0) is 13.0. The number of aldehydes is 1. The highest BCUT2D eigenvalue weighted by Gasteiger charge is 2.08. The van der Waals surface area contributed by atoms with E-state index in [1.54, 1.807) is 30.3 Å². The van der Waals surface area contributed by atoms with Crippen LogP contribution in [0.2, 0.25) is 0 Å². The minimum Gasteiger partial charge on any atom is -0.465 e. The Morgan fingerprint density at radius 3 is 2.61 bits per heavy atom. The van der Waals surface area contributed by atoms with Gasteiger partial charge in [-0.1, -0.05) is 11.8 Å². The second kappa shape index (κ2) is 5.55. The number of hydrogen-bond acceptors (Lipinski definition) is 5. The summed E-state index contributed by atoms with van der Waals surface area (Å²) in [7, 11) is 1.34. The van der Waals surface area contributed by atoms with Gasteiger partial charge in [0.15, 0.2) is 12.0 Å². The third kappa shape index (κ3) is 2.62. The van der Waals surface area contributed by atoms with Crippen LogP contribution in [0.3, 0.4) is 0 Å². The molecule has 1 heterocycles. The summed E-state index contributed by atoms with van der Waals surface area (Å²) >= 11 is 1.40. The number of ether oxygens (including phenoxy) is 1. The van der Waals surface area contributed by atoms with E-state index in [4.69, 9.17) is 4.42 Å². The first-order valence-corrected chi connectivity index (χ1v) is 5.95. The van der Waals surface area contributed by atoms with E-state index in [0.717, 1.165) is 9.79 Å². The predicted molar refractivity (Wildman–Crippen MR) is 66.0 cm³/mol. The van der Waals surface area contributed by atoms with Crippen LogP contribution in [-0.4, -0.2) is 19.4 Å². The monoisotopic (exact) mass is 262 g/mol. The van der Waals surface area contributed by atoms with Crippen molar-refractivity contribution < 1.29 is 18.7 Å². The van der Waals surface area contributed by atoms with Gasteiger partial charge >= 0.3 is 5.97 Å². The number of esters is 1. The van der Waals surface area contributed by atoms with Gasteiger partial charge in [0, 0.05) is 4.90 Å². The average Bonchev–Trinajstić information content (AvgIpc) is 2.86. The van der Waals surface area contributed by atoms with Crippen LogP contribution in [0.4, 0.5) is 0 Å². The summed E-state index contributed by atoms with van der Waals surface area (Å²) in [6, 6.07) is 8.66. The van der Waals surface area contributed by atoms with Gasteiger partial charge in [-0.2, -0.15) is 0 Å². The normalized spacial score (nSPS) is 10.1. The standard InChI is InChI=1S/C13H10O4S/c1-16-13(15)9-2-4-10(5-3-9)18-12-6-7-17-11(12)8-14/h2-8H,1H3. The minimum absolute atomic E-state index is 0.303. The van der Waals surface area contributed by atoms with E-state index in [1.807, 2.05) is 0 Å². The Kier molecular flexibility index (Phi) is 3.84. The number of rotatable bonds is 4. The third-order valence-electron chi connectivity index (χ3n) is 2.27. The van der Waals surface area contributed by atoms with Crippen molar-refractivity contribution in [1.29, 1.82) is 0 Å². The van der Waals surface area contributed by atoms with Crippen LogP contribution >= 0.6 is 11.8 Å². The molecule has 0 saturated heterocycles. The fraction of sp³-hybridized carbons (Fsp3) is 0.0769. The number of furan rings is 1. The van der Waals surface area contributed by atoms with Crippen molar-refractivity contribution in [2.45, 2.75) is 9.79 Å². The zero-order valence-corrected chi connectivity index (χ0v) is 10.4. The first kappa shape index (κ1) is 12.4. The van der Waals surface area contributed by atoms with Crippen LogP contribution in [0.25, 0.3) is 0 Å². The molecular weight excluding hydrogens is 252 g/mol. The van der Waals surface area contributed by atoms with E-state index in [-0.39, 0.29) is 5.97 Å². The van der Waals surface area contributed by atoms with Crippen LogP contribution in [0.5, 0.6) is 0 Å². The molecule has 0 atom stereocenters. The van der Waals surface area contributed by atoms with E-state index in [1.165, 1.54) is 25.1 Å². The molecule has 18 heavy (non-hydrogen) atoms. The fourth-order valence-electron chi connectivity index (χ4n) is 1.38. The summed E-state index contributed by atoms with van der Waals surface area (Å²) in [4.78, 5) is 23.6. The number of carbonyl (C=O) groups is 2. The van der Waals surface area contributed by atoms with Crippen LogP contribution in [0.15, 0.2) is 50.8 Å². The SMILES string of the molecule is COC(=O)c1ccc(Sc2ccoc2C=O)cc1. The Morgan fingerprint density at radius 2 is 2.00 bits per heavy atom. The van der Waals surface area contributed by atoms with Gasteiger partial charge in [0.05, 0.1) is 23.8 Å². The predicted octanol–water partition coefficient (Wildman–Crippen LogP) is 3.03. The second-order valence-corrected chi connectivity index (χ2v) is 4.50. The molecule has 0 N–H and O–H groups in total. The van der Waals surface area contributed by atoms with Crippen LogP contribution in [0.1, 0.15) is 20.9 Å². The maximum Gasteiger partial charge on any atom is 0.337 e. The molecule has 0 radical (unpaired) electrons. The third-order valence-corrected chi connectivity index (χ3v) is 3.33. The van der Waals surface area contributed by atoms with Crippen molar-refractivity contribution in [1.82, 2.24) is 0 Å². The summed E-state index contributed by atoms with van der Waals surface area (Å²) in [6.45, 7) is 0. The van der Waals surface area contributed by atoms with E-state index in [9.17, 15) is 9.59 Å². The summed E-state index contributed by atoms with van der Waals surface area (Å²) in [6.07, 6.45) is 2.14. The maximum absolute atomic E-state index is 11.3. The number of hydrogen-bond donors (Lipinski definition) is 0.